The molecule has 0 saturated carbocycles. The first kappa shape index (κ1) is 25.0. The fourth-order valence-corrected chi connectivity index (χ4v) is 3.28. The zero-order valence-corrected chi connectivity index (χ0v) is 19.2. The maximum atomic E-state index is 12.1. The summed E-state index contributed by atoms with van der Waals surface area (Å²) in [6.45, 7) is 0. The van der Waals surface area contributed by atoms with Crippen LogP contribution in [0.3, 0.4) is 0 Å². The smallest absolute Gasteiger partial charge is 0.858 e. The van der Waals surface area contributed by atoms with Crippen LogP contribution in [0.15, 0.2) is 56.7 Å². The van der Waals surface area contributed by atoms with E-state index in [1.54, 1.807) is 0 Å². The number of ether oxygens (including phenoxy) is 1. The minimum Gasteiger partial charge on any atom is -0.858 e. The maximum absolute atomic E-state index is 12.1. The van der Waals surface area contributed by atoms with Gasteiger partial charge in [-0.1, -0.05) is 45.7 Å². The number of hydrogen-bond donors (Lipinski definition) is 0. The number of rotatable bonds is 5. The second-order valence-electron chi connectivity index (χ2n) is 4.96. The summed E-state index contributed by atoms with van der Waals surface area (Å²) in [5.41, 5.74) is 0.169. The number of halogens is 5. The molecule has 0 atom stereocenters. The molecule has 0 aliphatic carbocycles. The molecule has 2 aromatic carbocycles. The third-order valence-electron chi connectivity index (χ3n) is 2.92. The molecular formula is C16H9BrClF3NNaO4S. The summed E-state index contributed by atoms with van der Waals surface area (Å²) in [6.07, 6.45) is -3.75. The van der Waals surface area contributed by atoms with Crippen LogP contribution in [-0.4, -0.2) is 20.7 Å². The SMILES string of the molecule is O=S(=O)(/C=C/c1ccc(OC(F)(F)F)cc1)/N=C(\[O-])c1ccc(Br)cc1Cl.[Na+]. The van der Waals surface area contributed by atoms with Gasteiger partial charge in [0.2, 0.25) is 0 Å². The average Bonchev–Trinajstić information content (AvgIpc) is 2.52. The van der Waals surface area contributed by atoms with Gasteiger partial charge in [-0.3, -0.25) is 0 Å². The Morgan fingerprint density at radius 1 is 1.18 bits per heavy atom. The Morgan fingerprint density at radius 2 is 1.79 bits per heavy atom. The van der Waals surface area contributed by atoms with Gasteiger partial charge in [0, 0.05) is 21.0 Å². The number of nitrogens with zero attached hydrogens (tertiary/aromatic N) is 1. The molecule has 144 valence electrons. The third-order valence-corrected chi connectivity index (χ3v) is 4.62. The molecule has 0 fully saturated rings. The van der Waals surface area contributed by atoms with E-state index in [-0.39, 0.29) is 45.7 Å². The minimum absolute atomic E-state index is 0. The molecule has 0 spiro atoms. The zero-order chi connectivity index (χ0) is 20.2. The summed E-state index contributed by atoms with van der Waals surface area (Å²) in [7, 11) is -4.28. The maximum Gasteiger partial charge on any atom is 1.00 e. The summed E-state index contributed by atoms with van der Waals surface area (Å²) in [5.74, 6) is -1.50. The monoisotopic (exact) mass is 505 g/mol. The van der Waals surface area contributed by atoms with Gasteiger partial charge in [0.25, 0.3) is 10.0 Å². The number of sulfonamides is 1. The van der Waals surface area contributed by atoms with Crippen LogP contribution in [0.1, 0.15) is 11.1 Å². The van der Waals surface area contributed by atoms with Gasteiger partial charge in [0.05, 0.1) is 5.41 Å². The van der Waals surface area contributed by atoms with E-state index in [4.69, 9.17) is 11.6 Å². The Bertz CT molecular complexity index is 996. The van der Waals surface area contributed by atoms with Gasteiger partial charge in [0.15, 0.2) is 0 Å². The van der Waals surface area contributed by atoms with Crippen molar-refractivity contribution >= 4 is 49.5 Å². The van der Waals surface area contributed by atoms with Crippen molar-refractivity contribution in [2.24, 2.45) is 4.40 Å². The molecule has 0 amide bonds. The van der Waals surface area contributed by atoms with E-state index in [9.17, 15) is 26.7 Å². The molecule has 2 rings (SSSR count). The third kappa shape index (κ3) is 8.14. The number of benzene rings is 2. The Kier molecular flexibility index (Phi) is 9.04. The van der Waals surface area contributed by atoms with Gasteiger partial charge in [-0.05, 0) is 35.9 Å². The van der Waals surface area contributed by atoms with Crippen LogP contribution < -0.4 is 39.4 Å². The standard InChI is InChI=1S/C16H10BrClF3NO4S.Na/c17-11-3-6-13(14(18)9-11)15(23)22-27(24,25)8-7-10-1-4-12(5-2-10)26-16(19,20)21;/h1-9H,(H,22,23);/q;+1/p-1/b8-7+;. The molecule has 2 aromatic rings. The molecule has 12 heteroatoms. The first-order chi connectivity index (χ1) is 12.5. The van der Waals surface area contributed by atoms with E-state index >= 15 is 0 Å². The summed E-state index contributed by atoms with van der Waals surface area (Å²) in [6, 6.07) is 8.68. The second kappa shape index (κ2) is 10.1. The molecule has 0 aliphatic heterocycles. The van der Waals surface area contributed by atoms with Crippen molar-refractivity contribution in [3.8, 4) is 5.75 Å². The first-order valence-corrected chi connectivity index (χ1v) is 9.64. The predicted octanol–water partition coefficient (Wildman–Crippen LogP) is 1.11. The molecule has 0 unspecified atom stereocenters. The Morgan fingerprint density at radius 3 is 2.32 bits per heavy atom. The molecule has 0 aromatic heterocycles. The van der Waals surface area contributed by atoms with Crippen molar-refractivity contribution in [1.82, 2.24) is 0 Å². The van der Waals surface area contributed by atoms with Crippen molar-refractivity contribution in [1.29, 1.82) is 0 Å². The molecule has 5 nitrogen and oxygen atoms in total. The van der Waals surface area contributed by atoms with Crippen molar-refractivity contribution in [3.05, 3.63) is 68.5 Å². The molecule has 0 saturated heterocycles. The molecular weight excluding hydrogens is 498 g/mol. The first-order valence-electron chi connectivity index (χ1n) is 6.96. The normalized spacial score (nSPS) is 12.7. The van der Waals surface area contributed by atoms with Gasteiger partial charge in [-0.2, -0.15) is 12.8 Å². The van der Waals surface area contributed by atoms with Crippen molar-refractivity contribution in [2.45, 2.75) is 6.36 Å². The number of alkyl halides is 3. The van der Waals surface area contributed by atoms with E-state index < -0.39 is 28.0 Å². The Balaban J connectivity index is 0.00000392. The van der Waals surface area contributed by atoms with Crippen molar-refractivity contribution in [2.75, 3.05) is 0 Å². The van der Waals surface area contributed by atoms with Gasteiger partial charge in [0.1, 0.15) is 5.75 Å². The summed E-state index contributed by atoms with van der Waals surface area (Å²) in [5, 5.41) is 12.7. The van der Waals surface area contributed by atoms with Crippen LogP contribution in [0.2, 0.25) is 5.02 Å². The van der Waals surface area contributed by atoms with Crippen LogP contribution in [0.4, 0.5) is 13.2 Å². The quantitative estimate of drug-likeness (QED) is 0.346. The zero-order valence-electron chi connectivity index (χ0n) is 14.1. The van der Waals surface area contributed by atoms with Gasteiger partial charge in [-0.15, -0.1) is 13.2 Å². The molecule has 0 radical (unpaired) electrons. The van der Waals surface area contributed by atoms with Crippen molar-refractivity contribution in [3.63, 3.8) is 0 Å². The minimum atomic E-state index is -4.83. The van der Waals surface area contributed by atoms with E-state index in [0.29, 0.717) is 9.88 Å². The van der Waals surface area contributed by atoms with Crippen LogP contribution in [0.25, 0.3) is 6.08 Å². The van der Waals surface area contributed by atoms with Crippen LogP contribution >= 0.6 is 27.5 Å². The summed E-state index contributed by atoms with van der Waals surface area (Å²) < 4.78 is 67.5. The largest absolute Gasteiger partial charge is 1.00 e. The van der Waals surface area contributed by atoms with Crippen LogP contribution in [-0.2, 0) is 10.0 Å². The van der Waals surface area contributed by atoms with Gasteiger partial charge in [-0.25, -0.2) is 0 Å². The van der Waals surface area contributed by atoms with Gasteiger partial charge >= 0.3 is 35.9 Å². The average molecular weight is 507 g/mol. The predicted molar refractivity (Wildman–Crippen MR) is 96.8 cm³/mol. The number of hydrogen-bond acceptors (Lipinski definition) is 4. The fourth-order valence-electron chi connectivity index (χ4n) is 1.80. The molecule has 28 heavy (non-hydrogen) atoms. The van der Waals surface area contributed by atoms with Crippen LogP contribution in [0.5, 0.6) is 5.75 Å². The van der Waals surface area contributed by atoms with Crippen molar-refractivity contribution < 1.29 is 61.0 Å². The summed E-state index contributed by atoms with van der Waals surface area (Å²) in [4.78, 5) is 0. The molecule has 0 aliphatic rings. The summed E-state index contributed by atoms with van der Waals surface area (Å²) >= 11 is 9.02. The Labute approximate surface area is 194 Å². The fraction of sp³-hybridized carbons (Fsp3) is 0.0625. The van der Waals surface area contributed by atoms with Gasteiger partial charge < -0.3 is 9.84 Å². The topological polar surface area (TPSA) is 78.8 Å². The van der Waals surface area contributed by atoms with E-state index in [0.717, 1.165) is 18.2 Å². The van der Waals surface area contributed by atoms with Crippen LogP contribution in [0, 0.1) is 0 Å². The molecule has 0 N–H and O–H groups in total. The second-order valence-corrected chi connectivity index (χ2v) is 7.76. The Hall–Kier alpha value is -1.04. The molecule has 0 heterocycles. The van der Waals surface area contributed by atoms with E-state index in [1.165, 1.54) is 30.3 Å². The molecule has 0 bridgehead atoms. The van der Waals surface area contributed by atoms with E-state index in [2.05, 4.69) is 25.1 Å². The van der Waals surface area contributed by atoms with E-state index in [1.807, 2.05) is 0 Å².